The van der Waals surface area contributed by atoms with Crippen LogP contribution >= 0.6 is 0 Å². The molecule has 1 aliphatic heterocycles. The fraction of sp³-hybridized carbons (Fsp3) is 0.323. The second-order valence-corrected chi connectivity index (χ2v) is 10.6. The number of pyridine rings is 2. The highest BCUT2D eigenvalue weighted by Gasteiger charge is 2.31. The first-order chi connectivity index (χ1) is 20.1. The highest BCUT2D eigenvalue weighted by atomic mass is 19.1. The van der Waals surface area contributed by atoms with Gasteiger partial charge in [-0.05, 0) is 55.7 Å². The number of carbonyl (C=O) groups excluding carboxylic acids is 1. The molecule has 5 rings (SSSR count). The molecular weight excluding hydrogens is 542 g/mol. The number of aromatic nitrogens is 4. The van der Waals surface area contributed by atoms with E-state index in [2.05, 4.69) is 21.5 Å². The van der Waals surface area contributed by atoms with Crippen LogP contribution in [0.3, 0.4) is 0 Å². The number of anilines is 1. The standard InChI is InChI=1S/C31H32F2N6O3/c1-7-24(40)37-13-14-38(19(5)16-37)29-20-15-22(33)27(25-21(32)9-8-10-23(25)42-6)35-30(20)39(31(41)36-29)28-18(4)11-12-34-26(28)17(2)3/h7-12,15,17,19H,1,13-14,16H2,2-6H3/t19-/m0/s1. The Balaban J connectivity index is 1.84. The Morgan fingerprint density at radius 3 is 2.60 bits per heavy atom. The van der Waals surface area contributed by atoms with Crippen LogP contribution in [0.4, 0.5) is 14.6 Å². The summed E-state index contributed by atoms with van der Waals surface area (Å²) in [5.41, 5.74) is 0.862. The number of piperazine rings is 1. The number of hydrogen-bond donors (Lipinski definition) is 0. The number of hydrogen-bond acceptors (Lipinski definition) is 7. The summed E-state index contributed by atoms with van der Waals surface area (Å²) in [5, 5.41) is 0.263. The van der Waals surface area contributed by atoms with Gasteiger partial charge in [0, 0.05) is 31.9 Å². The molecule has 1 atom stereocenters. The number of nitrogens with zero attached hydrogens (tertiary/aromatic N) is 6. The van der Waals surface area contributed by atoms with E-state index in [4.69, 9.17) is 4.74 Å². The number of rotatable bonds is 6. The average Bonchev–Trinajstić information content (AvgIpc) is 2.96. The van der Waals surface area contributed by atoms with Gasteiger partial charge in [0.1, 0.15) is 23.1 Å². The molecule has 42 heavy (non-hydrogen) atoms. The molecule has 11 heteroatoms. The Bertz CT molecular complexity index is 1770. The predicted molar refractivity (Wildman–Crippen MR) is 157 cm³/mol. The molecule has 1 fully saturated rings. The number of amides is 1. The molecule has 0 spiro atoms. The molecule has 4 heterocycles. The van der Waals surface area contributed by atoms with E-state index in [0.29, 0.717) is 31.0 Å². The van der Waals surface area contributed by atoms with Crippen molar-refractivity contribution in [2.75, 3.05) is 31.6 Å². The second-order valence-electron chi connectivity index (χ2n) is 10.6. The van der Waals surface area contributed by atoms with Crippen molar-refractivity contribution in [3.8, 4) is 22.7 Å². The van der Waals surface area contributed by atoms with Crippen molar-refractivity contribution in [2.45, 2.75) is 39.7 Å². The average molecular weight is 575 g/mol. The molecule has 9 nitrogen and oxygen atoms in total. The van der Waals surface area contributed by atoms with E-state index in [9.17, 15) is 9.59 Å². The summed E-state index contributed by atoms with van der Waals surface area (Å²) in [6.45, 7) is 12.3. The molecule has 4 aromatic rings. The maximum absolute atomic E-state index is 16.0. The second kappa shape index (κ2) is 11.3. The Morgan fingerprint density at radius 1 is 1.17 bits per heavy atom. The minimum Gasteiger partial charge on any atom is -0.496 e. The number of carbonyl (C=O) groups is 1. The van der Waals surface area contributed by atoms with Crippen molar-refractivity contribution >= 4 is 22.8 Å². The van der Waals surface area contributed by atoms with E-state index in [1.54, 1.807) is 17.2 Å². The van der Waals surface area contributed by atoms with E-state index >= 15 is 8.78 Å². The molecule has 0 unspecified atom stereocenters. The van der Waals surface area contributed by atoms with Gasteiger partial charge in [-0.2, -0.15) is 4.98 Å². The summed E-state index contributed by atoms with van der Waals surface area (Å²) in [4.78, 5) is 43.4. The van der Waals surface area contributed by atoms with Gasteiger partial charge in [-0.15, -0.1) is 0 Å². The first kappa shape index (κ1) is 28.8. The molecule has 0 saturated carbocycles. The van der Waals surface area contributed by atoms with Crippen molar-refractivity contribution in [2.24, 2.45) is 0 Å². The molecule has 3 aromatic heterocycles. The van der Waals surface area contributed by atoms with Crippen LogP contribution in [0.25, 0.3) is 28.0 Å². The molecular formula is C31H32F2N6O3. The highest BCUT2D eigenvalue weighted by molar-refractivity contribution is 5.91. The van der Waals surface area contributed by atoms with E-state index < -0.39 is 17.3 Å². The number of benzene rings is 1. The van der Waals surface area contributed by atoms with E-state index in [1.165, 1.54) is 42.0 Å². The van der Waals surface area contributed by atoms with Gasteiger partial charge in [0.2, 0.25) is 5.91 Å². The van der Waals surface area contributed by atoms with Crippen LogP contribution in [0.15, 0.2) is 54.0 Å². The molecule has 0 bridgehead atoms. The minimum atomic E-state index is -0.806. The monoisotopic (exact) mass is 574 g/mol. The summed E-state index contributed by atoms with van der Waals surface area (Å²) in [6, 6.07) is 6.92. The van der Waals surface area contributed by atoms with E-state index in [-0.39, 0.29) is 51.7 Å². The van der Waals surface area contributed by atoms with Gasteiger partial charge in [-0.1, -0.05) is 26.5 Å². The van der Waals surface area contributed by atoms with Crippen molar-refractivity contribution in [1.29, 1.82) is 0 Å². The van der Waals surface area contributed by atoms with Crippen molar-refractivity contribution < 1.29 is 18.3 Å². The van der Waals surface area contributed by atoms with Gasteiger partial charge in [0.15, 0.2) is 11.5 Å². The molecule has 1 aliphatic rings. The maximum Gasteiger partial charge on any atom is 0.355 e. The Hall–Kier alpha value is -4.67. The molecule has 0 aliphatic carbocycles. The summed E-state index contributed by atoms with van der Waals surface area (Å²) in [6.07, 6.45) is 2.93. The fourth-order valence-electron chi connectivity index (χ4n) is 5.49. The molecule has 1 amide bonds. The first-order valence-electron chi connectivity index (χ1n) is 13.7. The van der Waals surface area contributed by atoms with Gasteiger partial charge >= 0.3 is 5.69 Å². The molecule has 0 radical (unpaired) electrons. The van der Waals surface area contributed by atoms with Crippen LogP contribution in [-0.2, 0) is 4.79 Å². The van der Waals surface area contributed by atoms with E-state index in [1.807, 2.05) is 32.6 Å². The number of methoxy groups -OCH3 is 1. The lowest BCUT2D eigenvalue weighted by atomic mass is 10.0. The largest absolute Gasteiger partial charge is 0.496 e. The Kier molecular flexibility index (Phi) is 7.77. The molecule has 0 N–H and O–H groups in total. The maximum atomic E-state index is 16.0. The highest BCUT2D eigenvalue weighted by Crippen LogP contribution is 2.37. The lowest BCUT2D eigenvalue weighted by Gasteiger charge is -2.40. The van der Waals surface area contributed by atoms with Crippen LogP contribution in [0.1, 0.15) is 37.9 Å². The SMILES string of the molecule is C=CC(=O)N1CCN(c2nc(=O)n(-c3c(C)ccnc3C(C)C)c3nc(-c4c(F)cccc4OC)c(F)cc23)[C@@H](C)C1. The number of fused-ring (bicyclic) bond motifs is 1. The molecule has 1 saturated heterocycles. The quantitative estimate of drug-likeness (QED) is 0.306. The van der Waals surface area contributed by atoms with Gasteiger partial charge in [0.25, 0.3) is 0 Å². The summed E-state index contributed by atoms with van der Waals surface area (Å²) < 4.78 is 37.8. The third kappa shape index (κ3) is 4.88. The zero-order valence-corrected chi connectivity index (χ0v) is 24.2. The third-order valence-corrected chi connectivity index (χ3v) is 7.54. The zero-order chi connectivity index (χ0) is 30.3. The summed E-state index contributed by atoms with van der Waals surface area (Å²) >= 11 is 0. The smallest absolute Gasteiger partial charge is 0.355 e. The van der Waals surface area contributed by atoms with Crippen molar-refractivity contribution in [3.63, 3.8) is 0 Å². The zero-order valence-electron chi connectivity index (χ0n) is 24.2. The lowest BCUT2D eigenvalue weighted by molar-refractivity contribution is -0.126. The van der Waals surface area contributed by atoms with Gasteiger partial charge < -0.3 is 14.5 Å². The number of ether oxygens (including phenoxy) is 1. The van der Waals surface area contributed by atoms with Crippen LogP contribution < -0.4 is 15.3 Å². The number of aryl methyl sites for hydroxylation is 1. The van der Waals surface area contributed by atoms with Crippen LogP contribution in [-0.4, -0.2) is 63.1 Å². The van der Waals surface area contributed by atoms with Crippen LogP contribution in [0.5, 0.6) is 5.75 Å². The Morgan fingerprint density at radius 2 is 1.93 bits per heavy atom. The first-order valence-corrected chi connectivity index (χ1v) is 13.7. The number of halogens is 2. The molecule has 218 valence electrons. The van der Waals surface area contributed by atoms with Crippen molar-refractivity contribution in [1.82, 2.24) is 24.4 Å². The summed E-state index contributed by atoms with van der Waals surface area (Å²) in [5.74, 6) is -1.46. The van der Waals surface area contributed by atoms with Gasteiger partial charge in [-0.3, -0.25) is 9.78 Å². The Labute approximate surface area is 242 Å². The van der Waals surface area contributed by atoms with E-state index in [0.717, 1.165) is 5.56 Å². The molecule has 1 aromatic carbocycles. The third-order valence-electron chi connectivity index (χ3n) is 7.54. The fourth-order valence-corrected chi connectivity index (χ4v) is 5.49. The van der Waals surface area contributed by atoms with Crippen LogP contribution in [0, 0.1) is 18.6 Å². The predicted octanol–water partition coefficient (Wildman–Crippen LogP) is 4.78. The topological polar surface area (TPSA) is 93.5 Å². The van der Waals surface area contributed by atoms with Crippen molar-refractivity contribution in [3.05, 3.63) is 82.6 Å². The minimum absolute atomic E-state index is 0.0661. The van der Waals surface area contributed by atoms with Gasteiger partial charge in [-0.25, -0.2) is 23.1 Å². The summed E-state index contributed by atoms with van der Waals surface area (Å²) in [7, 11) is 1.36. The lowest BCUT2D eigenvalue weighted by Crippen LogP contribution is -2.54. The van der Waals surface area contributed by atoms with Crippen LogP contribution in [0.2, 0.25) is 0 Å². The normalized spacial score (nSPS) is 15.4. The van der Waals surface area contributed by atoms with Gasteiger partial charge in [0.05, 0.1) is 29.4 Å².